The molecule has 116 valence electrons. The van der Waals surface area contributed by atoms with E-state index in [2.05, 4.69) is 9.46 Å². The summed E-state index contributed by atoms with van der Waals surface area (Å²) in [5.74, 6) is -1.96. The van der Waals surface area contributed by atoms with Crippen molar-refractivity contribution in [2.24, 2.45) is 0 Å². The Balaban J connectivity index is 3.31. The van der Waals surface area contributed by atoms with Gasteiger partial charge in [0.2, 0.25) is 10.0 Å². The van der Waals surface area contributed by atoms with E-state index in [0.717, 1.165) is 13.2 Å². The van der Waals surface area contributed by atoms with E-state index in [9.17, 15) is 18.0 Å². The van der Waals surface area contributed by atoms with Crippen molar-refractivity contribution >= 4 is 22.0 Å². The maximum absolute atomic E-state index is 12.3. The van der Waals surface area contributed by atoms with Crippen LogP contribution in [0.1, 0.15) is 28.4 Å². The minimum Gasteiger partial charge on any atom is -0.478 e. The summed E-state index contributed by atoms with van der Waals surface area (Å²) in [5, 5.41) is 9.01. The molecule has 1 aromatic carbocycles. The third kappa shape index (κ3) is 3.79. The Morgan fingerprint density at radius 3 is 2.33 bits per heavy atom. The highest BCUT2D eigenvalue weighted by molar-refractivity contribution is 7.89. The van der Waals surface area contributed by atoms with Crippen molar-refractivity contribution in [2.45, 2.75) is 31.7 Å². The van der Waals surface area contributed by atoms with Crippen LogP contribution in [-0.2, 0) is 19.6 Å². The van der Waals surface area contributed by atoms with Gasteiger partial charge in [0.15, 0.2) is 0 Å². The molecule has 2 N–H and O–H groups in total. The Morgan fingerprint density at radius 1 is 1.29 bits per heavy atom. The second kappa shape index (κ2) is 6.23. The van der Waals surface area contributed by atoms with E-state index in [1.807, 2.05) is 0 Å². The van der Waals surface area contributed by atoms with Crippen LogP contribution >= 0.6 is 0 Å². The summed E-state index contributed by atoms with van der Waals surface area (Å²) in [6.07, 6.45) is 0. The maximum Gasteiger partial charge on any atom is 0.335 e. The fourth-order valence-electron chi connectivity index (χ4n) is 1.75. The molecule has 0 radical (unpaired) electrons. The maximum atomic E-state index is 12.3. The van der Waals surface area contributed by atoms with Gasteiger partial charge < -0.3 is 9.84 Å². The van der Waals surface area contributed by atoms with Crippen molar-refractivity contribution in [2.75, 3.05) is 7.11 Å². The number of carbonyl (C=O) groups excluding carboxylic acids is 1. The van der Waals surface area contributed by atoms with E-state index in [0.29, 0.717) is 11.1 Å². The second-order valence-corrected chi connectivity index (χ2v) is 6.27. The van der Waals surface area contributed by atoms with Crippen LogP contribution in [0.4, 0.5) is 0 Å². The van der Waals surface area contributed by atoms with Crippen LogP contribution < -0.4 is 4.72 Å². The zero-order chi connectivity index (χ0) is 16.4. The monoisotopic (exact) mass is 315 g/mol. The van der Waals surface area contributed by atoms with E-state index >= 15 is 0 Å². The molecule has 0 saturated heterocycles. The van der Waals surface area contributed by atoms with Gasteiger partial charge in [0.25, 0.3) is 0 Å². The molecule has 1 aromatic rings. The minimum atomic E-state index is -4.04. The van der Waals surface area contributed by atoms with Crippen LogP contribution in [0, 0.1) is 13.8 Å². The highest BCUT2D eigenvalue weighted by atomic mass is 32.2. The zero-order valence-electron chi connectivity index (χ0n) is 12.1. The number of rotatable bonds is 5. The number of hydrogen-bond acceptors (Lipinski definition) is 5. The molecule has 1 atom stereocenters. The third-order valence-corrected chi connectivity index (χ3v) is 4.71. The fourth-order valence-corrected chi connectivity index (χ4v) is 3.29. The molecule has 0 aliphatic carbocycles. The van der Waals surface area contributed by atoms with Crippen molar-refractivity contribution in [1.29, 1.82) is 0 Å². The third-order valence-electron chi connectivity index (χ3n) is 3.04. The molecular formula is C13H17NO6S. The number of carbonyl (C=O) groups is 2. The van der Waals surface area contributed by atoms with Crippen LogP contribution in [0.15, 0.2) is 17.0 Å². The van der Waals surface area contributed by atoms with Crippen LogP contribution in [0.3, 0.4) is 0 Å². The van der Waals surface area contributed by atoms with Crippen molar-refractivity contribution < 1.29 is 27.9 Å². The van der Waals surface area contributed by atoms with Gasteiger partial charge in [-0.2, -0.15) is 4.72 Å². The quantitative estimate of drug-likeness (QED) is 0.779. The molecule has 0 amide bonds. The van der Waals surface area contributed by atoms with Crippen molar-refractivity contribution in [1.82, 2.24) is 4.72 Å². The minimum absolute atomic E-state index is 0.135. The fraction of sp³-hybridized carbons (Fsp3) is 0.385. The number of hydrogen-bond donors (Lipinski definition) is 2. The molecule has 0 spiro atoms. The van der Waals surface area contributed by atoms with Crippen LogP contribution in [0.2, 0.25) is 0 Å². The summed E-state index contributed by atoms with van der Waals surface area (Å²) in [5.41, 5.74) is 0.815. The van der Waals surface area contributed by atoms with E-state index in [1.165, 1.54) is 13.0 Å². The Morgan fingerprint density at radius 2 is 1.86 bits per heavy atom. The zero-order valence-corrected chi connectivity index (χ0v) is 12.9. The van der Waals surface area contributed by atoms with Crippen LogP contribution in [-0.4, -0.2) is 38.6 Å². The van der Waals surface area contributed by atoms with Gasteiger partial charge in [0.05, 0.1) is 17.6 Å². The lowest BCUT2D eigenvalue weighted by molar-refractivity contribution is -0.142. The highest BCUT2D eigenvalue weighted by Gasteiger charge is 2.25. The summed E-state index contributed by atoms with van der Waals surface area (Å²) >= 11 is 0. The van der Waals surface area contributed by atoms with Gasteiger partial charge in [-0.3, -0.25) is 4.79 Å². The molecule has 21 heavy (non-hydrogen) atoms. The molecule has 0 aromatic heterocycles. The summed E-state index contributed by atoms with van der Waals surface area (Å²) in [6.45, 7) is 4.52. The lowest BCUT2D eigenvalue weighted by Gasteiger charge is -2.15. The van der Waals surface area contributed by atoms with Gasteiger partial charge in [0.1, 0.15) is 6.04 Å². The van der Waals surface area contributed by atoms with Gasteiger partial charge in [-0.25, -0.2) is 13.2 Å². The summed E-state index contributed by atoms with van der Waals surface area (Å²) in [7, 11) is -2.89. The molecular weight excluding hydrogens is 298 g/mol. The molecule has 0 unspecified atom stereocenters. The average molecular weight is 315 g/mol. The molecule has 0 bridgehead atoms. The Hall–Kier alpha value is -1.93. The normalized spacial score (nSPS) is 12.8. The van der Waals surface area contributed by atoms with Gasteiger partial charge in [-0.15, -0.1) is 0 Å². The van der Waals surface area contributed by atoms with Crippen molar-refractivity contribution in [3.63, 3.8) is 0 Å². The van der Waals surface area contributed by atoms with E-state index in [1.54, 1.807) is 13.8 Å². The Labute approximate surface area is 123 Å². The predicted octanol–water partition coefficient (Wildman–Crippen LogP) is 0.841. The number of esters is 1. The second-order valence-electron chi connectivity index (χ2n) is 4.59. The first-order chi connectivity index (χ1) is 9.60. The Bertz CT molecular complexity index is 680. The summed E-state index contributed by atoms with van der Waals surface area (Å²) in [4.78, 5) is 22.2. The average Bonchev–Trinajstić information content (AvgIpc) is 2.39. The molecule has 0 heterocycles. The molecule has 8 heteroatoms. The summed E-state index contributed by atoms with van der Waals surface area (Å²) < 4.78 is 31.2. The smallest absolute Gasteiger partial charge is 0.335 e. The number of methoxy groups -OCH3 is 1. The topological polar surface area (TPSA) is 110 Å². The van der Waals surface area contributed by atoms with Crippen LogP contribution in [0.25, 0.3) is 0 Å². The predicted molar refractivity (Wildman–Crippen MR) is 74.7 cm³/mol. The van der Waals surface area contributed by atoms with Gasteiger partial charge in [-0.05, 0) is 44.0 Å². The number of aryl methyl sites for hydroxylation is 1. The van der Waals surface area contributed by atoms with E-state index < -0.39 is 28.0 Å². The van der Waals surface area contributed by atoms with E-state index in [4.69, 9.17) is 5.11 Å². The number of carboxylic acid groups (broad SMARTS) is 1. The molecule has 0 fully saturated rings. The first-order valence-electron chi connectivity index (χ1n) is 6.05. The number of benzene rings is 1. The largest absolute Gasteiger partial charge is 0.478 e. The number of nitrogens with one attached hydrogen (secondary N) is 1. The molecule has 0 aliphatic heterocycles. The number of sulfonamides is 1. The van der Waals surface area contributed by atoms with Crippen molar-refractivity contribution in [3.8, 4) is 0 Å². The SMILES string of the molecule is COC(=O)[C@H](C)NS(=O)(=O)c1cc(C(=O)O)cc(C)c1C. The van der Waals surface area contributed by atoms with Gasteiger partial charge in [-0.1, -0.05) is 0 Å². The Kier molecular flexibility index (Phi) is 5.08. The summed E-state index contributed by atoms with van der Waals surface area (Å²) in [6, 6.07) is 1.38. The molecule has 0 aliphatic rings. The molecule has 1 rings (SSSR count). The highest BCUT2D eigenvalue weighted by Crippen LogP contribution is 2.21. The molecule has 7 nitrogen and oxygen atoms in total. The number of ether oxygens (including phenoxy) is 1. The van der Waals surface area contributed by atoms with E-state index in [-0.39, 0.29) is 10.5 Å². The van der Waals surface area contributed by atoms with Gasteiger partial charge >= 0.3 is 11.9 Å². The number of carboxylic acids is 1. The number of aromatic carboxylic acids is 1. The molecule has 0 saturated carbocycles. The first kappa shape index (κ1) is 17.1. The first-order valence-corrected chi connectivity index (χ1v) is 7.53. The van der Waals surface area contributed by atoms with Crippen molar-refractivity contribution in [3.05, 3.63) is 28.8 Å². The lowest BCUT2D eigenvalue weighted by Crippen LogP contribution is -2.39. The van der Waals surface area contributed by atoms with Gasteiger partial charge in [0, 0.05) is 0 Å². The lowest BCUT2D eigenvalue weighted by atomic mass is 10.1. The standard InChI is InChI=1S/C13H17NO6S/c1-7-5-10(12(15)16)6-11(8(7)2)21(18,19)14-9(3)13(17)20-4/h5-6,9,14H,1-4H3,(H,15,16)/t9-/m0/s1. The van der Waals surface area contributed by atoms with Crippen LogP contribution in [0.5, 0.6) is 0 Å².